The standard InChI is InChI=1S/C19H13NO3S/c21-18(10-9-14-11-19(20(22)23)24-13-14)17-8-4-7-16(12-17)15-5-2-1-3-6-15/h1-13H. The second-order valence-corrected chi connectivity index (χ2v) is 6.01. The van der Waals surface area contributed by atoms with Gasteiger partial charge >= 0.3 is 5.00 Å². The zero-order chi connectivity index (χ0) is 16.9. The van der Waals surface area contributed by atoms with Gasteiger partial charge in [0.2, 0.25) is 0 Å². The van der Waals surface area contributed by atoms with Crippen LogP contribution in [0, 0.1) is 10.1 Å². The number of rotatable bonds is 5. The summed E-state index contributed by atoms with van der Waals surface area (Å²) in [4.78, 5) is 22.6. The molecular formula is C19H13NO3S. The maximum absolute atomic E-state index is 12.3. The minimum Gasteiger partial charge on any atom is -0.289 e. The lowest BCUT2D eigenvalue weighted by Gasteiger charge is -2.03. The Kier molecular flexibility index (Phi) is 4.63. The molecule has 0 atom stereocenters. The number of ketones is 1. The average Bonchev–Trinajstić information content (AvgIpc) is 3.10. The largest absolute Gasteiger partial charge is 0.324 e. The Labute approximate surface area is 142 Å². The zero-order valence-corrected chi connectivity index (χ0v) is 13.4. The highest BCUT2D eigenvalue weighted by Gasteiger charge is 2.09. The molecule has 118 valence electrons. The number of thiophene rings is 1. The van der Waals surface area contributed by atoms with Crippen molar-refractivity contribution in [3.8, 4) is 11.1 Å². The molecule has 0 aliphatic rings. The fraction of sp³-hybridized carbons (Fsp3) is 0. The van der Waals surface area contributed by atoms with E-state index in [2.05, 4.69) is 0 Å². The quantitative estimate of drug-likeness (QED) is 0.278. The number of nitro groups is 1. The van der Waals surface area contributed by atoms with Gasteiger partial charge in [-0.25, -0.2) is 0 Å². The third kappa shape index (κ3) is 3.64. The second kappa shape index (κ2) is 7.02. The lowest BCUT2D eigenvalue weighted by atomic mass is 10.0. The van der Waals surface area contributed by atoms with E-state index in [9.17, 15) is 14.9 Å². The predicted molar refractivity (Wildman–Crippen MR) is 96.2 cm³/mol. The van der Waals surface area contributed by atoms with E-state index in [1.54, 1.807) is 17.5 Å². The smallest absolute Gasteiger partial charge is 0.289 e. The van der Waals surface area contributed by atoms with Crippen molar-refractivity contribution in [2.75, 3.05) is 0 Å². The van der Waals surface area contributed by atoms with Crippen LogP contribution in [0.15, 0.2) is 72.1 Å². The molecule has 0 saturated carbocycles. The number of hydrogen-bond donors (Lipinski definition) is 0. The zero-order valence-electron chi connectivity index (χ0n) is 12.6. The number of allylic oxidation sites excluding steroid dienone is 1. The Bertz CT molecular complexity index is 913. The molecule has 0 aliphatic heterocycles. The van der Waals surface area contributed by atoms with Gasteiger partial charge in [-0.2, -0.15) is 0 Å². The highest BCUT2D eigenvalue weighted by atomic mass is 32.1. The van der Waals surface area contributed by atoms with Gasteiger partial charge in [-0.3, -0.25) is 14.9 Å². The molecule has 0 fully saturated rings. The van der Waals surface area contributed by atoms with Gasteiger partial charge in [-0.1, -0.05) is 59.9 Å². The summed E-state index contributed by atoms with van der Waals surface area (Å²) >= 11 is 1.04. The number of carbonyl (C=O) groups excluding carboxylic acids is 1. The molecule has 3 aromatic rings. The molecule has 4 nitrogen and oxygen atoms in total. The molecule has 1 aromatic heterocycles. The Hall–Kier alpha value is -3.05. The minimum atomic E-state index is -0.437. The summed E-state index contributed by atoms with van der Waals surface area (Å²) in [6, 6.07) is 18.7. The van der Waals surface area contributed by atoms with Crippen molar-refractivity contribution in [3.63, 3.8) is 0 Å². The normalized spacial score (nSPS) is 10.8. The summed E-state index contributed by atoms with van der Waals surface area (Å²) in [5.41, 5.74) is 3.25. The molecule has 24 heavy (non-hydrogen) atoms. The van der Waals surface area contributed by atoms with Crippen molar-refractivity contribution in [3.05, 3.63) is 93.4 Å². The van der Waals surface area contributed by atoms with Gasteiger partial charge < -0.3 is 0 Å². The van der Waals surface area contributed by atoms with Gasteiger partial charge in [0.25, 0.3) is 0 Å². The van der Waals surface area contributed by atoms with E-state index >= 15 is 0 Å². The van der Waals surface area contributed by atoms with Gasteiger partial charge in [0.1, 0.15) is 0 Å². The number of nitrogens with zero attached hydrogens (tertiary/aromatic N) is 1. The van der Waals surface area contributed by atoms with Crippen molar-refractivity contribution >= 4 is 28.2 Å². The summed E-state index contributed by atoms with van der Waals surface area (Å²) < 4.78 is 0. The number of benzene rings is 2. The van der Waals surface area contributed by atoms with Crippen molar-refractivity contribution in [1.29, 1.82) is 0 Å². The van der Waals surface area contributed by atoms with Crippen LogP contribution in [0.3, 0.4) is 0 Å². The monoisotopic (exact) mass is 335 g/mol. The molecule has 0 spiro atoms. The topological polar surface area (TPSA) is 60.2 Å². The molecule has 1 heterocycles. The van der Waals surface area contributed by atoms with Crippen molar-refractivity contribution in [1.82, 2.24) is 0 Å². The lowest BCUT2D eigenvalue weighted by molar-refractivity contribution is -0.380. The maximum Gasteiger partial charge on any atom is 0.324 e. The van der Waals surface area contributed by atoms with E-state index in [1.807, 2.05) is 48.5 Å². The summed E-state index contributed by atoms with van der Waals surface area (Å²) in [5, 5.41) is 12.4. The first-order valence-corrected chi connectivity index (χ1v) is 8.12. The van der Waals surface area contributed by atoms with Crippen LogP contribution in [0.25, 0.3) is 17.2 Å². The third-order valence-electron chi connectivity index (χ3n) is 3.47. The first-order valence-electron chi connectivity index (χ1n) is 7.24. The molecule has 5 heteroatoms. The van der Waals surface area contributed by atoms with E-state index in [1.165, 1.54) is 12.1 Å². The number of carbonyl (C=O) groups is 1. The van der Waals surface area contributed by atoms with Crippen LogP contribution in [0.1, 0.15) is 15.9 Å². The first-order chi connectivity index (χ1) is 11.6. The molecule has 0 bridgehead atoms. The SMILES string of the molecule is O=C(C=Cc1csc([N+](=O)[O-])c1)c1cccc(-c2ccccc2)c1. The molecule has 0 aliphatic carbocycles. The second-order valence-electron chi connectivity index (χ2n) is 5.12. The van der Waals surface area contributed by atoms with Gasteiger partial charge in [-0.15, -0.1) is 0 Å². The Balaban J connectivity index is 1.80. The van der Waals surface area contributed by atoms with Crippen LogP contribution in [-0.2, 0) is 0 Å². The fourth-order valence-electron chi connectivity index (χ4n) is 2.27. The van der Waals surface area contributed by atoms with E-state index in [0.29, 0.717) is 11.1 Å². The Morgan fingerprint density at radius 1 is 1.00 bits per heavy atom. The first kappa shape index (κ1) is 15.8. The van der Waals surface area contributed by atoms with Crippen LogP contribution >= 0.6 is 11.3 Å². The van der Waals surface area contributed by atoms with Gasteiger partial charge in [-0.05, 0) is 34.9 Å². The summed E-state index contributed by atoms with van der Waals surface area (Å²) in [5.74, 6) is -0.137. The Morgan fingerprint density at radius 2 is 1.75 bits per heavy atom. The van der Waals surface area contributed by atoms with Crippen molar-refractivity contribution in [2.24, 2.45) is 0 Å². The van der Waals surface area contributed by atoms with Crippen LogP contribution in [-0.4, -0.2) is 10.7 Å². The summed E-state index contributed by atoms with van der Waals surface area (Å²) in [6.07, 6.45) is 3.04. The highest BCUT2D eigenvalue weighted by Crippen LogP contribution is 2.24. The lowest BCUT2D eigenvalue weighted by Crippen LogP contribution is -1.94. The third-order valence-corrected chi connectivity index (χ3v) is 4.37. The predicted octanol–water partition coefficient (Wildman–Crippen LogP) is 5.22. The van der Waals surface area contributed by atoms with E-state index in [4.69, 9.17) is 0 Å². The Morgan fingerprint density at radius 3 is 2.46 bits per heavy atom. The maximum atomic E-state index is 12.3. The minimum absolute atomic E-state index is 0.0631. The number of hydrogen-bond acceptors (Lipinski definition) is 4. The molecular weight excluding hydrogens is 322 g/mol. The summed E-state index contributed by atoms with van der Waals surface area (Å²) in [7, 11) is 0. The van der Waals surface area contributed by atoms with Crippen LogP contribution in [0.4, 0.5) is 5.00 Å². The molecule has 3 rings (SSSR count). The summed E-state index contributed by atoms with van der Waals surface area (Å²) in [6.45, 7) is 0. The van der Waals surface area contributed by atoms with Gasteiger partial charge in [0, 0.05) is 17.0 Å². The van der Waals surface area contributed by atoms with Crippen LogP contribution < -0.4 is 0 Å². The van der Waals surface area contributed by atoms with Crippen molar-refractivity contribution in [2.45, 2.75) is 0 Å². The average molecular weight is 335 g/mol. The molecule has 0 radical (unpaired) electrons. The molecule has 0 N–H and O–H groups in total. The van der Waals surface area contributed by atoms with Crippen LogP contribution in [0.5, 0.6) is 0 Å². The van der Waals surface area contributed by atoms with Gasteiger partial charge in [0.05, 0.1) is 4.92 Å². The molecule has 2 aromatic carbocycles. The highest BCUT2D eigenvalue weighted by molar-refractivity contribution is 7.13. The van der Waals surface area contributed by atoms with Crippen LogP contribution in [0.2, 0.25) is 0 Å². The van der Waals surface area contributed by atoms with Crippen molar-refractivity contribution < 1.29 is 9.72 Å². The van der Waals surface area contributed by atoms with Gasteiger partial charge in [0.15, 0.2) is 5.78 Å². The molecule has 0 amide bonds. The van der Waals surface area contributed by atoms with E-state index in [0.717, 1.165) is 22.5 Å². The molecule has 0 unspecified atom stereocenters. The molecule has 0 saturated heterocycles. The van der Waals surface area contributed by atoms with E-state index < -0.39 is 4.92 Å². The fourth-order valence-corrected chi connectivity index (χ4v) is 2.97. The van der Waals surface area contributed by atoms with E-state index in [-0.39, 0.29) is 10.8 Å².